The molecule has 2 aromatic carbocycles. The molecule has 2 nitrogen and oxygen atoms in total. The van der Waals surface area contributed by atoms with Crippen LogP contribution in [0.4, 0.5) is 10.1 Å². The van der Waals surface area contributed by atoms with Gasteiger partial charge in [0.2, 0.25) is 0 Å². The summed E-state index contributed by atoms with van der Waals surface area (Å²) in [6.45, 7) is 2.32. The summed E-state index contributed by atoms with van der Waals surface area (Å²) in [5, 5.41) is 12.9. The fourth-order valence-corrected chi connectivity index (χ4v) is 2.12. The number of hydrogen-bond donors (Lipinski definition) is 2. The molecule has 4 heteroatoms. The molecule has 0 atom stereocenters. The van der Waals surface area contributed by atoms with Gasteiger partial charge in [0.15, 0.2) is 0 Å². The fraction of sp³-hybridized carbons (Fsp3) is 0.143. The molecule has 0 amide bonds. The Balaban J connectivity index is 2.13. The highest BCUT2D eigenvalue weighted by Gasteiger charge is 2.04. The van der Waals surface area contributed by atoms with Gasteiger partial charge in [-0.25, -0.2) is 4.39 Å². The number of rotatable bonds is 3. The molecule has 0 heterocycles. The van der Waals surface area contributed by atoms with Crippen LogP contribution >= 0.6 is 15.9 Å². The second-order valence-corrected chi connectivity index (χ2v) is 5.00. The minimum atomic E-state index is -0.247. The van der Waals surface area contributed by atoms with Crippen molar-refractivity contribution in [2.75, 3.05) is 5.32 Å². The van der Waals surface area contributed by atoms with E-state index in [9.17, 15) is 9.50 Å². The summed E-state index contributed by atoms with van der Waals surface area (Å²) in [6, 6.07) is 9.85. The number of halogens is 2. The van der Waals surface area contributed by atoms with Gasteiger partial charge in [-0.2, -0.15) is 0 Å². The zero-order chi connectivity index (χ0) is 13.1. The average molecular weight is 310 g/mol. The highest BCUT2D eigenvalue weighted by molar-refractivity contribution is 9.10. The normalized spacial score (nSPS) is 10.4. The van der Waals surface area contributed by atoms with Gasteiger partial charge >= 0.3 is 0 Å². The fourth-order valence-electron chi connectivity index (χ4n) is 1.71. The van der Waals surface area contributed by atoms with E-state index >= 15 is 0 Å². The molecule has 0 aliphatic heterocycles. The molecule has 0 unspecified atom stereocenters. The summed E-state index contributed by atoms with van der Waals surface area (Å²) in [6.07, 6.45) is 0. The Morgan fingerprint density at radius 2 is 2.00 bits per heavy atom. The van der Waals surface area contributed by atoms with Crippen LogP contribution in [0, 0.1) is 12.7 Å². The van der Waals surface area contributed by atoms with Crippen LogP contribution in [-0.4, -0.2) is 5.11 Å². The molecule has 0 bridgehead atoms. The molecule has 0 saturated carbocycles. The van der Waals surface area contributed by atoms with E-state index < -0.39 is 0 Å². The van der Waals surface area contributed by atoms with Crippen molar-refractivity contribution < 1.29 is 9.50 Å². The largest absolute Gasteiger partial charge is 0.508 e. The first-order valence-corrected chi connectivity index (χ1v) is 6.33. The molecule has 2 aromatic rings. The van der Waals surface area contributed by atoms with Gasteiger partial charge in [0.05, 0.1) is 0 Å². The third-order valence-electron chi connectivity index (χ3n) is 2.70. The lowest BCUT2D eigenvalue weighted by molar-refractivity contribution is 0.469. The Hall–Kier alpha value is -1.55. The van der Waals surface area contributed by atoms with Gasteiger partial charge in [-0.05, 0) is 48.9 Å². The van der Waals surface area contributed by atoms with E-state index in [1.54, 1.807) is 18.2 Å². The van der Waals surface area contributed by atoms with Crippen molar-refractivity contribution in [3.8, 4) is 5.75 Å². The summed E-state index contributed by atoms with van der Waals surface area (Å²) in [7, 11) is 0. The Morgan fingerprint density at radius 3 is 2.72 bits per heavy atom. The van der Waals surface area contributed by atoms with Crippen molar-refractivity contribution >= 4 is 21.6 Å². The predicted molar refractivity (Wildman–Crippen MR) is 74.3 cm³/mol. The number of hydrogen-bond acceptors (Lipinski definition) is 2. The monoisotopic (exact) mass is 309 g/mol. The van der Waals surface area contributed by atoms with Crippen molar-refractivity contribution in [2.24, 2.45) is 0 Å². The number of phenolic OH excluding ortho intramolecular Hbond substituents is 1. The quantitative estimate of drug-likeness (QED) is 0.890. The molecule has 18 heavy (non-hydrogen) atoms. The van der Waals surface area contributed by atoms with Crippen molar-refractivity contribution in [3.05, 3.63) is 57.8 Å². The van der Waals surface area contributed by atoms with Crippen LogP contribution in [0.3, 0.4) is 0 Å². The van der Waals surface area contributed by atoms with Gasteiger partial charge in [0.1, 0.15) is 11.6 Å². The maximum atomic E-state index is 13.0. The first-order valence-electron chi connectivity index (χ1n) is 5.53. The molecule has 0 saturated heterocycles. The maximum absolute atomic E-state index is 13.0. The van der Waals surface area contributed by atoms with Crippen molar-refractivity contribution in [1.82, 2.24) is 0 Å². The Morgan fingerprint density at radius 1 is 1.22 bits per heavy atom. The topological polar surface area (TPSA) is 32.3 Å². The third kappa shape index (κ3) is 3.01. The number of benzene rings is 2. The van der Waals surface area contributed by atoms with E-state index in [2.05, 4.69) is 21.2 Å². The summed E-state index contributed by atoms with van der Waals surface area (Å²) in [5.74, 6) is -0.00572. The van der Waals surface area contributed by atoms with Gasteiger partial charge in [-0.3, -0.25) is 0 Å². The molecule has 0 aliphatic rings. The van der Waals surface area contributed by atoms with Crippen LogP contribution < -0.4 is 5.32 Å². The Bertz CT molecular complexity index is 572. The molecule has 0 spiro atoms. The van der Waals surface area contributed by atoms with Crippen LogP contribution in [0.2, 0.25) is 0 Å². The van der Waals surface area contributed by atoms with Crippen LogP contribution in [0.5, 0.6) is 5.75 Å². The van der Waals surface area contributed by atoms with Gasteiger partial charge in [-0.1, -0.05) is 15.9 Å². The van der Waals surface area contributed by atoms with Crippen LogP contribution in [0.25, 0.3) is 0 Å². The second kappa shape index (κ2) is 5.40. The molecule has 0 radical (unpaired) electrons. The van der Waals surface area contributed by atoms with Gasteiger partial charge < -0.3 is 10.4 Å². The third-order valence-corrected chi connectivity index (χ3v) is 3.19. The number of aromatic hydroxyl groups is 1. The predicted octanol–water partition coefficient (Wildman–Crippen LogP) is 4.21. The number of anilines is 1. The van der Waals surface area contributed by atoms with Gasteiger partial charge in [0, 0.05) is 22.3 Å². The Labute approximate surface area is 114 Å². The zero-order valence-corrected chi connectivity index (χ0v) is 11.5. The molecule has 0 aliphatic carbocycles. The highest BCUT2D eigenvalue weighted by Crippen LogP contribution is 2.23. The van der Waals surface area contributed by atoms with Gasteiger partial charge in [-0.15, -0.1) is 0 Å². The van der Waals surface area contributed by atoms with Crippen LogP contribution in [0.15, 0.2) is 40.9 Å². The highest BCUT2D eigenvalue weighted by atomic mass is 79.9. The van der Waals surface area contributed by atoms with E-state index in [4.69, 9.17) is 0 Å². The summed E-state index contributed by atoms with van der Waals surface area (Å²) in [4.78, 5) is 0. The SMILES string of the molecule is Cc1cc(F)ccc1NCc1cc(Br)ccc1O. The smallest absolute Gasteiger partial charge is 0.123 e. The van der Waals surface area contributed by atoms with Crippen molar-refractivity contribution in [3.63, 3.8) is 0 Å². The summed E-state index contributed by atoms with van der Waals surface area (Å²) < 4.78 is 13.9. The second-order valence-electron chi connectivity index (χ2n) is 4.09. The van der Waals surface area contributed by atoms with Crippen LogP contribution in [0.1, 0.15) is 11.1 Å². The average Bonchev–Trinajstić information content (AvgIpc) is 2.32. The van der Waals surface area contributed by atoms with Crippen LogP contribution in [-0.2, 0) is 6.54 Å². The maximum Gasteiger partial charge on any atom is 0.123 e. The molecule has 0 aromatic heterocycles. The van der Waals surface area contributed by atoms with Gasteiger partial charge in [0.25, 0.3) is 0 Å². The zero-order valence-electron chi connectivity index (χ0n) is 9.87. The first-order chi connectivity index (χ1) is 8.56. The first kappa shape index (κ1) is 12.9. The van der Waals surface area contributed by atoms with Crippen molar-refractivity contribution in [1.29, 1.82) is 0 Å². The standard InChI is InChI=1S/C14H13BrFNO/c1-9-6-12(16)3-4-13(9)17-8-10-7-11(15)2-5-14(10)18/h2-7,17-18H,8H2,1H3. The van der Waals surface area contributed by atoms with Crippen molar-refractivity contribution in [2.45, 2.75) is 13.5 Å². The van der Waals surface area contributed by atoms with E-state index in [0.29, 0.717) is 6.54 Å². The molecule has 2 rings (SSSR count). The summed E-state index contributed by atoms with van der Waals surface area (Å²) >= 11 is 3.36. The number of aryl methyl sites for hydroxylation is 1. The molecule has 2 N–H and O–H groups in total. The molecule has 0 fully saturated rings. The molecule has 94 valence electrons. The number of phenols is 1. The lowest BCUT2D eigenvalue weighted by Gasteiger charge is -2.11. The lowest BCUT2D eigenvalue weighted by Crippen LogP contribution is -2.01. The Kier molecular flexibility index (Phi) is 3.87. The molecular formula is C14H13BrFNO. The van der Waals surface area contributed by atoms with E-state index in [-0.39, 0.29) is 11.6 Å². The molecular weight excluding hydrogens is 297 g/mol. The minimum absolute atomic E-state index is 0.241. The van der Waals surface area contributed by atoms with E-state index in [1.165, 1.54) is 12.1 Å². The minimum Gasteiger partial charge on any atom is -0.508 e. The van der Waals surface area contributed by atoms with E-state index in [0.717, 1.165) is 21.3 Å². The summed E-state index contributed by atoms with van der Waals surface area (Å²) in [5.41, 5.74) is 2.48. The van der Waals surface area contributed by atoms with E-state index in [1.807, 2.05) is 13.0 Å². The number of nitrogens with one attached hydrogen (secondary N) is 1. The lowest BCUT2D eigenvalue weighted by atomic mass is 10.1.